The van der Waals surface area contributed by atoms with Gasteiger partial charge in [0.05, 0.1) is 24.5 Å². The van der Waals surface area contributed by atoms with E-state index in [0.717, 1.165) is 11.3 Å². The first-order chi connectivity index (χ1) is 17.9. The fourth-order valence-corrected chi connectivity index (χ4v) is 4.45. The highest BCUT2D eigenvalue weighted by atomic mass is 16.5. The van der Waals surface area contributed by atoms with Crippen molar-refractivity contribution in [1.29, 1.82) is 0 Å². The molecule has 2 aromatic heterocycles. The number of nitrogens with zero attached hydrogens (tertiary/aromatic N) is 2. The van der Waals surface area contributed by atoms with Gasteiger partial charge in [-0.05, 0) is 51.1 Å². The van der Waals surface area contributed by atoms with Gasteiger partial charge >= 0.3 is 5.63 Å². The van der Waals surface area contributed by atoms with Gasteiger partial charge in [0.25, 0.3) is 0 Å². The van der Waals surface area contributed by atoms with Crippen LogP contribution in [0.2, 0.25) is 0 Å². The molecule has 0 spiro atoms. The van der Waals surface area contributed by atoms with Crippen LogP contribution in [0.4, 0.5) is 11.6 Å². The number of aromatic nitrogens is 2. The number of para-hydroxylation sites is 1. The maximum atomic E-state index is 12.8. The van der Waals surface area contributed by atoms with E-state index >= 15 is 0 Å². The number of benzene rings is 2. The van der Waals surface area contributed by atoms with Crippen LogP contribution in [0, 0.1) is 0 Å². The third-order valence-corrected chi connectivity index (χ3v) is 5.99. The van der Waals surface area contributed by atoms with Gasteiger partial charge in [-0.2, -0.15) is 0 Å². The zero-order chi connectivity index (χ0) is 25.9. The second-order valence-electron chi connectivity index (χ2n) is 9.06. The number of ketones is 1. The summed E-state index contributed by atoms with van der Waals surface area (Å²) >= 11 is 0. The molecular formula is C28H28N4O5. The average molecular weight is 501 g/mol. The molecule has 3 heterocycles. The first kappa shape index (κ1) is 24.6. The maximum absolute atomic E-state index is 12.8. The van der Waals surface area contributed by atoms with Crippen LogP contribution in [0.1, 0.15) is 42.8 Å². The lowest BCUT2D eigenvalue weighted by molar-refractivity contribution is 0.0277. The van der Waals surface area contributed by atoms with Crippen molar-refractivity contribution >= 4 is 28.4 Å². The molecule has 1 unspecified atom stereocenters. The monoisotopic (exact) mass is 500 g/mol. The third kappa shape index (κ3) is 5.23. The summed E-state index contributed by atoms with van der Waals surface area (Å²) in [6.07, 6.45) is 1.27. The molecule has 0 aliphatic carbocycles. The molecule has 2 aromatic carbocycles. The molecular weight excluding hydrogens is 472 g/mol. The molecule has 2 N–H and O–H groups in total. The van der Waals surface area contributed by atoms with Crippen molar-refractivity contribution in [3.05, 3.63) is 76.3 Å². The first-order valence-electron chi connectivity index (χ1n) is 12.2. The van der Waals surface area contributed by atoms with Crippen LogP contribution in [-0.2, 0) is 4.74 Å². The van der Waals surface area contributed by atoms with Crippen molar-refractivity contribution in [2.45, 2.75) is 33.0 Å². The van der Waals surface area contributed by atoms with Crippen molar-refractivity contribution in [2.24, 2.45) is 0 Å². The molecule has 5 rings (SSSR count). The molecule has 9 heteroatoms. The SMILES string of the molecule is CC(=O)c1c(C2CNCCO2)c2ccc(Nc3nccc(-c4ccccc4OC(C)C)n3)cc2oc1=O. The van der Waals surface area contributed by atoms with Gasteiger partial charge in [0, 0.05) is 47.6 Å². The number of nitrogens with one attached hydrogen (secondary N) is 2. The van der Waals surface area contributed by atoms with Gasteiger partial charge in [0.15, 0.2) is 5.78 Å². The van der Waals surface area contributed by atoms with Crippen LogP contribution in [-0.4, -0.2) is 41.6 Å². The predicted molar refractivity (Wildman–Crippen MR) is 141 cm³/mol. The minimum absolute atomic E-state index is 0.0241. The molecule has 1 aliphatic rings. The molecule has 4 aromatic rings. The highest BCUT2D eigenvalue weighted by molar-refractivity contribution is 6.00. The summed E-state index contributed by atoms with van der Waals surface area (Å²) in [6.45, 7) is 7.02. The van der Waals surface area contributed by atoms with Crippen molar-refractivity contribution in [3.63, 3.8) is 0 Å². The molecule has 0 amide bonds. The fourth-order valence-electron chi connectivity index (χ4n) is 4.45. The summed E-state index contributed by atoms with van der Waals surface area (Å²) in [5, 5.41) is 7.09. The Morgan fingerprint density at radius 3 is 2.78 bits per heavy atom. The van der Waals surface area contributed by atoms with Crippen molar-refractivity contribution in [3.8, 4) is 17.0 Å². The Morgan fingerprint density at radius 1 is 1.19 bits per heavy atom. The Labute approximate surface area is 213 Å². The third-order valence-electron chi connectivity index (χ3n) is 5.99. The summed E-state index contributed by atoms with van der Waals surface area (Å²) in [6, 6.07) is 14.9. The van der Waals surface area contributed by atoms with Gasteiger partial charge in [-0.3, -0.25) is 4.79 Å². The number of hydrogen-bond donors (Lipinski definition) is 2. The van der Waals surface area contributed by atoms with Gasteiger partial charge in [0.2, 0.25) is 5.95 Å². The summed E-state index contributed by atoms with van der Waals surface area (Å²) < 4.78 is 17.4. The number of ether oxygens (including phenoxy) is 2. The lowest BCUT2D eigenvalue weighted by Gasteiger charge is -2.26. The molecule has 9 nitrogen and oxygen atoms in total. The zero-order valence-corrected chi connectivity index (χ0v) is 20.9. The van der Waals surface area contributed by atoms with Crippen molar-refractivity contribution in [2.75, 3.05) is 25.0 Å². The highest BCUT2D eigenvalue weighted by Crippen LogP contribution is 2.33. The van der Waals surface area contributed by atoms with Gasteiger partial charge < -0.3 is 24.5 Å². The summed E-state index contributed by atoms with van der Waals surface area (Å²) in [7, 11) is 0. The molecule has 190 valence electrons. The molecule has 0 saturated carbocycles. The van der Waals surface area contributed by atoms with E-state index in [1.54, 1.807) is 12.3 Å². The van der Waals surface area contributed by atoms with E-state index in [1.165, 1.54) is 6.92 Å². The number of Topliss-reactive ketones (excluding diaryl/α,β-unsaturated/α-hetero) is 1. The summed E-state index contributed by atoms with van der Waals surface area (Å²) in [5.74, 6) is 0.760. The van der Waals surface area contributed by atoms with E-state index in [4.69, 9.17) is 13.9 Å². The molecule has 0 radical (unpaired) electrons. The summed E-state index contributed by atoms with van der Waals surface area (Å²) in [5.41, 5.74) is 2.43. The predicted octanol–water partition coefficient (Wildman–Crippen LogP) is 4.64. The minimum atomic E-state index is -0.679. The number of hydrogen-bond acceptors (Lipinski definition) is 9. The highest BCUT2D eigenvalue weighted by Gasteiger charge is 2.27. The fraction of sp³-hybridized carbons (Fsp3) is 0.286. The van der Waals surface area contributed by atoms with Gasteiger partial charge in [-0.25, -0.2) is 14.8 Å². The molecule has 0 bridgehead atoms. The zero-order valence-electron chi connectivity index (χ0n) is 20.9. The Hall–Kier alpha value is -4.08. The largest absolute Gasteiger partial charge is 0.490 e. The number of rotatable bonds is 7. The minimum Gasteiger partial charge on any atom is -0.490 e. The molecule has 37 heavy (non-hydrogen) atoms. The van der Waals surface area contributed by atoms with Crippen molar-refractivity contribution in [1.82, 2.24) is 15.3 Å². The van der Waals surface area contributed by atoms with Crippen LogP contribution in [0.25, 0.3) is 22.2 Å². The topological polar surface area (TPSA) is 116 Å². The number of morpholine rings is 1. The van der Waals surface area contributed by atoms with Crippen molar-refractivity contribution < 1.29 is 18.7 Å². The number of fused-ring (bicyclic) bond motifs is 1. The van der Waals surface area contributed by atoms with Crippen LogP contribution < -0.4 is 21.0 Å². The summed E-state index contributed by atoms with van der Waals surface area (Å²) in [4.78, 5) is 34.1. The molecule has 1 atom stereocenters. The van der Waals surface area contributed by atoms with E-state index < -0.39 is 11.7 Å². The standard InChI is InChI=1S/C28H28N4O5/c1-16(2)36-22-7-5-4-6-19(22)21-10-11-30-28(32-21)31-18-8-9-20-23(14-18)37-27(34)25(17(3)33)26(20)24-15-29-12-13-35-24/h4-11,14,16,24,29H,12-13,15H2,1-3H3,(H,30,31,32). The van der Waals surface area contributed by atoms with Gasteiger partial charge in [-0.1, -0.05) is 12.1 Å². The maximum Gasteiger partial charge on any atom is 0.347 e. The Bertz CT molecular complexity index is 1510. The number of carbonyl (C=O) groups excluding carboxylic acids is 1. The van der Waals surface area contributed by atoms with Gasteiger partial charge in [0.1, 0.15) is 16.9 Å². The first-order valence-corrected chi connectivity index (χ1v) is 12.2. The molecule has 1 saturated heterocycles. The lowest BCUT2D eigenvalue weighted by atomic mass is 9.96. The van der Waals surface area contributed by atoms with E-state index in [9.17, 15) is 9.59 Å². The Morgan fingerprint density at radius 2 is 2.03 bits per heavy atom. The Kier molecular flexibility index (Phi) is 6.98. The lowest BCUT2D eigenvalue weighted by Crippen LogP contribution is -2.35. The van der Waals surface area contributed by atoms with E-state index in [1.807, 2.05) is 56.3 Å². The molecule has 1 aliphatic heterocycles. The van der Waals surface area contributed by atoms with Crippen LogP contribution in [0.15, 0.2) is 63.9 Å². The second kappa shape index (κ2) is 10.5. The van der Waals surface area contributed by atoms with E-state index in [0.29, 0.717) is 53.6 Å². The quantitative estimate of drug-likeness (QED) is 0.276. The van der Waals surface area contributed by atoms with E-state index in [2.05, 4.69) is 20.6 Å². The van der Waals surface area contributed by atoms with Gasteiger partial charge in [-0.15, -0.1) is 0 Å². The Balaban J connectivity index is 1.50. The number of anilines is 2. The van der Waals surface area contributed by atoms with Crippen LogP contribution in [0.5, 0.6) is 5.75 Å². The molecule has 1 fully saturated rings. The number of carbonyl (C=O) groups is 1. The van der Waals surface area contributed by atoms with Crippen LogP contribution >= 0.6 is 0 Å². The van der Waals surface area contributed by atoms with Crippen LogP contribution in [0.3, 0.4) is 0 Å². The second-order valence-corrected chi connectivity index (χ2v) is 9.06. The smallest absolute Gasteiger partial charge is 0.347 e. The normalized spacial score (nSPS) is 15.6. The average Bonchev–Trinajstić information content (AvgIpc) is 2.88. The van der Waals surface area contributed by atoms with E-state index in [-0.39, 0.29) is 17.5 Å².